The van der Waals surface area contributed by atoms with Gasteiger partial charge in [0, 0.05) is 17.4 Å². The van der Waals surface area contributed by atoms with Gasteiger partial charge in [0.05, 0.1) is 23.9 Å². The molecule has 0 saturated heterocycles. The molecule has 0 radical (unpaired) electrons. The second-order valence-electron chi connectivity index (χ2n) is 5.50. The van der Waals surface area contributed by atoms with Crippen LogP contribution in [0.1, 0.15) is 15.9 Å². The predicted octanol–water partition coefficient (Wildman–Crippen LogP) is 4.69. The standard InChI is InChI=1S/C19H14F3N3O2/c1-27-17(26)15-5-3-2-4-14(15)16-10-11-23-18(25-16)24-13-8-6-12(7-9-13)19(20,21)22/h2-11H,1H3,(H,23,24,25). The number of carbonyl (C=O) groups is 1. The number of alkyl halides is 3. The largest absolute Gasteiger partial charge is 0.465 e. The van der Waals surface area contributed by atoms with Crippen molar-refractivity contribution in [1.29, 1.82) is 0 Å². The Hall–Kier alpha value is -3.42. The molecule has 1 N–H and O–H groups in total. The van der Waals surface area contributed by atoms with Crippen LogP contribution in [0.25, 0.3) is 11.3 Å². The Balaban J connectivity index is 1.88. The maximum absolute atomic E-state index is 12.6. The number of carbonyl (C=O) groups excluding carboxylic acids is 1. The van der Waals surface area contributed by atoms with Crippen LogP contribution in [-0.4, -0.2) is 23.0 Å². The van der Waals surface area contributed by atoms with Gasteiger partial charge < -0.3 is 10.1 Å². The van der Waals surface area contributed by atoms with Crippen LogP contribution in [0.15, 0.2) is 60.8 Å². The molecule has 2 aromatic carbocycles. The van der Waals surface area contributed by atoms with E-state index in [0.29, 0.717) is 22.5 Å². The lowest BCUT2D eigenvalue weighted by Gasteiger charge is -2.10. The number of ether oxygens (including phenoxy) is 1. The molecule has 3 aromatic rings. The molecule has 0 bridgehead atoms. The number of hydrogen-bond donors (Lipinski definition) is 1. The number of methoxy groups -OCH3 is 1. The Labute approximate surface area is 152 Å². The van der Waals surface area contributed by atoms with Gasteiger partial charge in [0.25, 0.3) is 0 Å². The summed E-state index contributed by atoms with van der Waals surface area (Å²) in [5.41, 5.74) is 1.04. The number of hydrogen-bond acceptors (Lipinski definition) is 5. The van der Waals surface area contributed by atoms with Crippen molar-refractivity contribution in [2.24, 2.45) is 0 Å². The summed E-state index contributed by atoms with van der Waals surface area (Å²) in [5.74, 6) is -0.312. The van der Waals surface area contributed by atoms with E-state index in [9.17, 15) is 18.0 Å². The first-order valence-corrected chi connectivity index (χ1v) is 7.83. The summed E-state index contributed by atoms with van der Waals surface area (Å²) in [6.07, 6.45) is -2.91. The molecule has 0 atom stereocenters. The minimum atomic E-state index is -4.40. The summed E-state index contributed by atoms with van der Waals surface area (Å²) < 4.78 is 42.7. The first-order valence-electron chi connectivity index (χ1n) is 7.83. The molecular formula is C19H14F3N3O2. The molecule has 0 unspecified atom stereocenters. The Morgan fingerprint density at radius 2 is 1.74 bits per heavy atom. The molecule has 0 fully saturated rings. The van der Waals surface area contributed by atoms with Crippen molar-refractivity contribution in [2.45, 2.75) is 6.18 Å². The van der Waals surface area contributed by atoms with Gasteiger partial charge in [0.1, 0.15) is 0 Å². The molecule has 0 saturated carbocycles. The van der Waals surface area contributed by atoms with Crippen molar-refractivity contribution >= 4 is 17.6 Å². The van der Waals surface area contributed by atoms with Crippen molar-refractivity contribution in [3.63, 3.8) is 0 Å². The molecule has 0 spiro atoms. The number of halogens is 3. The summed E-state index contributed by atoms with van der Waals surface area (Å²) in [6, 6.07) is 13.0. The average molecular weight is 373 g/mol. The van der Waals surface area contributed by atoms with Crippen molar-refractivity contribution in [3.8, 4) is 11.3 Å². The second kappa shape index (κ2) is 7.45. The Bertz CT molecular complexity index is 957. The zero-order valence-corrected chi connectivity index (χ0v) is 14.1. The lowest BCUT2D eigenvalue weighted by atomic mass is 10.0. The van der Waals surface area contributed by atoms with E-state index in [0.717, 1.165) is 12.1 Å². The molecule has 0 aliphatic rings. The molecule has 1 aromatic heterocycles. The third-order valence-electron chi connectivity index (χ3n) is 3.73. The third-order valence-corrected chi connectivity index (χ3v) is 3.73. The molecule has 0 amide bonds. The van der Waals surface area contributed by atoms with Crippen molar-refractivity contribution in [2.75, 3.05) is 12.4 Å². The van der Waals surface area contributed by atoms with E-state index < -0.39 is 17.7 Å². The average Bonchev–Trinajstić information content (AvgIpc) is 2.67. The Morgan fingerprint density at radius 1 is 1.04 bits per heavy atom. The van der Waals surface area contributed by atoms with Crippen molar-refractivity contribution in [3.05, 3.63) is 71.9 Å². The van der Waals surface area contributed by atoms with Gasteiger partial charge in [-0.25, -0.2) is 14.8 Å². The van der Waals surface area contributed by atoms with Crippen LogP contribution in [0.3, 0.4) is 0 Å². The highest BCUT2D eigenvalue weighted by Crippen LogP contribution is 2.30. The summed E-state index contributed by atoms with van der Waals surface area (Å²) in [4.78, 5) is 20.3. The van der Waals surface area contributed by atoms with Gasteiger partial charge >= 0.3 is 12.1 Å². The van der Waals surface area contributed by atoms with E-state index >= 15 is 0 Å². The first kappa shape index (κ1) is 18.4. The fourth-order valence-electron chi connectivity index (χ4n) is 2.44. The van der Waals surface area contributed by atoms with Gasteiger partial charge in [-0.15, -0.1) is 0 Å². The highest BCUT2D eigenvalue weighted by atomic mass is 19.4. The van der Waals surface area contributed by atoms with E-state index in [-0.39, 0.29) is 5.95 Å². The number of benzene rings is 2. The predicted molar refractivity (Wildman–Crippen MR) is 93.5 cm³/mol. The smallest absolute Gasteiger partial charge is 0.416 e. The normalized spacial score (nSPS) is 11.1. The van der Waals surface area contributed by atoms with E-state index in [2.05, 4.69) is 15.3 Å². The van der Waals surface area contributed by atoms with E-state index in [1.807, 2.05) is 0 Å². The minimum Gasteiger partial charge on any atom is -0.465 e. The van der Waals surface area contributed by atoms with Crippen molar-refractivity contribution in [1.82, 2.24) is 9.97 Å². The van der Waals surface area contributed by atoms with Gasteiger partial charge in [-0.1, -0.05) is 18.2 Å². The summed E-state index contributed by atoms with van der Waals surface area (Å²) >= 11 is 0. The molecule has 27 heavy (non-hydrogen) atoms. The SMILES string of the molecule is COC(=O)c1ccccc1-c1ccnc(Nc2ccc(C(F)(F)F)cc2)n1. The Morgan fingerprint density at radius 3 is 2.41 bits per heavy atom. The van der Waals surface area contributed by atoms with E-state index in [1.54, 1.807) is 30.3 Å². The van der Waals surface area contributed by atoms with Crippen LogP contribution in [0.4, 0.5) is 24.8 Å². The van der Waals surface area contributed by atoms with Gasteiger partial charge in [-0.05, 0) is 36.4 Å². The zero-order valence-electron chi connectivity index (χ0n) is 14.1. The molecule has 5 nitrogen and oxygen atoms in total. The highest BCUT2D eigenvalue weighted by molar-refractivity contribution is 5.96. The topological polar surface area (TPSA) is 64.1 Å². The molecular weight excluding hydrogens is 359 g/mol. The number of rotatable bonds is 4. The molecule has 3 rings (SSSR count). The molecule has 138 valence electrons. The van der Waals surface area contributed by atoms with Crippen LogP contribution >= 0.6 is 0 Å². The van der Waals surface area contributed by atoms with Gasteiger partial charge in [-0.3, -0.25) is 0 Å². The number of aromatic nitrogens is 2. The van der Waals surface area contributed by atoms with Crippen LogP contribution < -0.4 is 5.32 Å². The molecule has 1 heterocycles. The van der Waals surface area contributed by atoms with E-state index in [1.165, 1.54) is 25.4 Å². The monoisotopic (exact) mass is 373 g/mol. The third kappa shape index (κ3) is 4.22. The second-order valence-corrected chi connectivity index (χ2v) is 5.50. The quantitative estimate of drug-likeness (QED) is 0.672. The zero-order chi connectivity index (χ0) is 19.4. The van der Waals surface area contributed by atoms with Crippen LogP contribution in [0.5, 0.6) is 0 Å². The number of nitrogens with zero attached hydrogens (tertiary/aromatic N) is 2. The Kier molecular flexibility index (Phi) is 5.07. The molecule has 0 aliphatic carbocycles. The fourth-order valence-corrected chi connectivity index (χ4v) is 2.44. The van der Waals surface area contributed by atoms with Gasteiger partial charge in [0.15, 0.2) is 0 Å². The minimum absolute atomic E-state index is 0.187. The van der Waals surface area contributed by atoms with Crippen LogP contribution in [0, 0.1) is 0 Å². The summed E-state index contributed by atoms with van der Waals surface area (Å²) in [5, 5.41) is 2.85. The number of esters is 1. The molecule has 0 aliphatic heterocycles. The van der Waals surface area contributed by atoms with Crippen LogP contribution in [-0.2, 0) is 10.9 Å². The van der Waals surface area contributed by atoms with Gasteiger partial charge in [-0.2, -0.15) is 13.2 Å². The summed E-state index contributed by atoms with van der Waals surface area (Å²) in [6.45, 7) is 0. The highest BCUT2D eigenvalue weighted by Gasteiger charge is 2.29. The lowest BCUT2D eigenvalue weighted by molar-refractivity contribution is -0.137. The molecule has 8 heteroatoms. The van der Waals surface area contributed by atoms with Gasteiger partial charge in [0.2, 0.25) is 5.95 Å². The maximum atomic E-state index is 12.6. The summed E-state index contributed by atoms with van der Waals surface area (Å²) in [7, 11) is 1.29. The first-order chi connectivity index (χ1) is 12.9. The van der Waals surface area contributed by atoms with Crippen LogP contribution in [0.2, 0.25) is 0 Å². The fraction of sp³-hybridized carbons (Fsp3) is 0.105. The van der Waals surface area contributed by atoms with E-state index in [4.69, 9.17) is 4.74 Å². The lowest BCUT2D eigenvalue weighted by Crippen LogP contribution is -2.05. The van der Waals surface area contributed by atoms with Crippen molar-refractivity contribution < 1.29 is 22.7 Å². The number of nitrogens with one attached hydrogen (secondary N) is 1. The maximum Gasteiger partial charge on any atom is 0.416 e. The number of anilines is 2.